The van der Waals surface area contributed by atoms with Crippen LogP contribution in [-0.2, 0) is 16.0 Å². The van der Waals surface area contributed by atoms with Crippen LogP contribution in [0.4, 0.5) is 5.69 Å². The summed E-state index contributed by atoms with van der Waals surface area (Å²) in [5.74, 6) is -0.734. The SMILES string of the molecule is CC.COC(=O)Cc1ccc(OC)c(C(=O)c2ccccc2[N+](=O)[O-])c1. The van der Waals surface area contributed by atoms with E-state index in [2.05, 4.69) is 4.74 Å². The Morgan fingerprint density at radius 1 is 1.04 bits per heavy atom. The molecule has 2 aromatic rings. The Morgan fingerprint density at radius 2 is 1.69 bits per heavy atom. The highest BCUT2D eigenvalue weighted by atomic mass is 16.6. The number of nitro groups is 1. The van der Waals surface area contributed by atoms with Crippen LogP contribution in [0.1, 0.15) is 35.3 Å². The number of ether oxygens (including phenoxy) is 2. The number of nitro benzene ring substituents is 1. The van der Waals surface area contributed by atoms with E-state index in [1.165, 1.54) is 38.5 Å². The molecule has 0 heterocycles. The third-order valence-corrected chi connectivity index (χ3v) is 3.43. The molecule has 0 saturated heterocycles. The lowest BCUT2D eigenvalue weighted by molar-refractivity contribution is -0.385. The Balaban J connectivity index is 0.00000163. The zero-order valence-corrected chi connectivity index (χ0v) is 15.1. The first-order valence-corrected chi connectivity index (χ1v) is 7.99. The average Bonchev–Trinajstić information content (AvgIpc) is 2.68. The van der Waals surface area contributed by atoms with Crippen molar-refractivity contribution in [3.63, 3.8) is 0 Å². The van der Waals surface area contributed by atoms with Crippen LogP contribution in [0.15, 0.2) is 42.5 Å². The van der Waals surface area contributed by atoms with Crippen molar-refractivity contribution < 1.29 is 24.0 Å². The van der Waals surface area contributed by atoms with E-state index in [1.54, 1.807) is 18.2 Å². The van der Waals surface area contributed by atoms with Gasteiger partial charge in [0, 0.05) is 6.07 Å². The number of rotatable bonds is 6. The first-order chi connectivity index (χ1) is 12.5. The molecule has 0 aliphatic heterocycles. The van der Waals surface area contributed by atoms with Crippen LogP contribution in [-0.4, -0.2) is 30.9 Å². The molecule has 0 aliphatic rings. The Hall–Kier alpha value is -3.22. The van der Waals surface area contributed by atoms with Gasteiger partial charge in [-0.05, 0) is 23.8 Å². The molecule has 0 fully saturated rings. The topological polar surface area (TPSA) is 95.7 Å². The number of hydrogen-bond acceptors (Lipinski definition) is 6. The standard InChI is InChI=1S/C17H15NO6.C2H6/c1-23-15-8-7-11(10-16(19)24-2)9-13(15)17(20)12-5-3-4-6-14(12)18(21)22;1-2/h3-9H,10H2,1-2H3;1-2H3. The Labute approximate surface area is 151 Å². The molecule has 0 radical (unpaired) electrons. The van der Waals surface area contributed by atoms with Crippen LogP contribution < -0.4 is 4.74 Å². The molecule has 0 bridgehead atoms. The van der Waals surface area contributed by atoms with E-state index in [0.29, 0.717) is 5.56 Å². The van der Waals surface area contributed by atoms with E-state index in [1.807, 2.05) is 13.8 Å². The molecule has 26 heavy (non-hydrogen) atoms. The molecular weight excluding hydrogens is 338 g/mol. The van der Waals surface area contributed by atoms with Gasteiger partial charge in [-0.2, -0.15) is 0 Å². The second kappa shape index (κ2) is 9.93. The van der Waals surface area contributed by atoms with Gasteiger partial charge in [0.25, 0.3) is 5.69 Å². The fraction of sp³-hybridized carbons (Fsp3) is 0.263. The summed E-state index contributed by atoms with van der Waals surface area (Å²) < 4.78 is 9.77. The summed E-state index contributed by atoms with van der Waals surface area (Å²) in [4.78, 5) is 34.7. The first kappa shape index (κ1) is 20.8. The summed E-state index contributed by atoms with van der Waals surface area (Å²) in [5.41, 5.74) is 0.358. The van der Waals surface area contributed by atoms with Crippen molar-refractivity contribution in [3.8, 4) is 5.75 Å². The predicted molar refractivity (Wildman–Crippen MR) is 96.6 cm³/mol. The Bertz CT molecular complexity index is 800. The number of carbonyl (C=O) groups excluding carboxylic acids is 2. The monoisotopic (exact) mass is 359 g/mol. The molecule has 0 spiro atoms. The van der Waals surface area contributed by atoms with Gasteiger partial charge < -0.3 is 9.47 Å². The molecule has 0 unspecified atom stereocenters. The van der Waals surface area contributed by atoms with Crippen LogP contribution in [0.2, 0.25) is 0 Å². The van der Waals surface area contributed by atoms with Gasteiger partial charge in [-0.15, -0.1) is 0 Å². The Kier molecular flexibility index (Phi) is 7.95. The molecule has 0 saturated carbocycles. The number of carbonyl (C=O) groups is 2. The molecule has 0 amide bonds. The number of methoxy groups -OCH3 is 2. The third kappa shape index (κ3) is 4.89. The lowest BCUT2D eigenvalue weighted by Crippen LogP contribution is -2.09. The summed E-state index contributed by atoms with van der Waals surface area (Å²) in [6, 6.07) is 10.3. The highest BCUT2D eigenvalue weighted by molar-refractivity contribution is 6.13. The third-order valence-electron chi connectivity index (χ3n) is 3.43. The molecular formula is C19H21NO6. The second-order valence-corrected chi connectivity index (χ2v) is 4.89. The van der Waals surface area contributed by atoms with Gasteiger partial charge in [0.15, 0.2) is 0 Å². The van der Waals surface area contributed by atoms with Crippen molar-refractivity contribution in [2.75, 3.05) is 14.2 Å². The maximum atomic E-state index is 12.8. The summed E-state index contributed by atoms with van der Waals surface area (Å²) >= 11 is 0. The molecule has 138 valence electrons. The van der Waals surface area contributed by atoms with Gasteiger partial charge in [0.2, 0.25) is 5.78 Å². The predicted octanol–water partition coefficient (Wildman–Crippen LogP) is 3.58. The van der Waals surface area contributed by atoms with Crippen molar-refractivity contribution in [1.82, 2.24) is 0 Å². The fourth-order valence-corrected chi connectivity index (χ4v) is 2.25. The van der Waals surface area contributed by atoms with Crippen LogP contribution in [0.5, 0.6) is 5.75 Å². The van der Waals surface area contributed by atoms with Crippen molar-refractivity contribution >= 4 is 17.4 Å². The van der Waals surface area contributed by atoms with Crippen LogP contribution in [0, 0.1) is 10.1 Å². The number of esters is 1. The minimum Gasteiger partial charge on any atom is -0.496 e. The summed E-state index contributed by atoms with van der Waals surface area (Å²) in [6.45, 7) is 4.00. The number of nitrogens with zero attached hydrogens (tertiary/aromatic N) is 1. The maximum absolute atomic E-state index is 12.8. The number of para-hydroxylation sites is 1. The molecule has 2 rings (SSSR count). The zero-order chi connectivity index (χ0) is 19.7. The quantitative estimate of drug-likeness (QED) is 0.338. The number of hydrogen-bond donors (Lipinski definition) is 0. The van der Waals surface area contributed by atoms with E-state index < -0.39 is 16.7 Å². The number of ketones is 1. The van der Waals surface area contributed by atoms with E-state index >= 15 is 0 Å². The van der Waals surface area contributed by atoms with Crippen LogP contribution >= 0.6 is 0 Å². The highest BCUT2D eigenvalue weighted by Crippen LogP contribution is 2.27. The second-order valence-electron chi connectivity index (χ2n) is 4.89. The van der Waals surface area contributed by atoms with Crippen molar-refractivity contribution in [2.45, 2.75) is 20.3 Å². The largest absolute Gasteiger partial charge is 0.496 e. The van der Waals surface area contributed by atoms with Crippen molar-refractivity contribution in [3.05, 3.63) is 69.3 Å². The maximum Gasteiger partial charge on any atom is 0.309 e. The van der Waals surface area contributed by atoms with Crippen LogP contribution in [0.25, 0.3) is 0 Å². The van der Waals surface area contributed by atoms with Crippen LogP contribution in [0.3, 0.4) is 0 Å². The highest BCUT2D eigenvalue weighted by Gasteiger charge is 2.23. The average molecular weight is 359 g/mol. The molecule has 7 nitrogen and oxygen atoms in total. The lowest BCUT2D eigenvalue weighted by atomic mass is 9.98. The van der Waals surface area contributed by atoms with E-state index in [4.69, 9.17) is 4.74 Å². The Morgan fingerprint density at radius 3 is 2.27 bits per heavy atom. The molecule has 7 heteroatoms. The van der Waals surface area contributed by atoms with Gasteiger partial charge in [0.1, 0.15) is 11.3 Å². The molecule has 0 N–H and O–H groups in total. The fourth-order valence-electron chi connectivity index (χ4n) is 2.25. The van der Waals surface area contributed by atoms with Gasteiger partial charge in [-0.1, -0.05) is 32.0 Å². The molecule has 0 aliphatic carbocycles. The van der Waals surface area contributed by atoms with Gasteiger partial charge >= 0.3 is 5.97 Å². The minimum atomic E-state index is -0.613. The summed E-state index contributed by atoms with van der Waals surface area (Å²) in [5, 5.41) is 11.1. The number of benzene rings is 2. The summed E-state index contributed by atoms with van der Waals surface area (Å²) in [7, 11) is 2.66. The first-order valence-electron chi connectivity index (χ1n) is 7.99. The molecule has 0 aromatic heterocycles. The normalized spacial score (nSPS) is 9.54. The van der Waals surface area contributed by atoms with E-state index in [9.17, 15) is 19.7 Å². The van der Waals surface area contributed by atoms with Crippen molar-refractivity contribution in [1.29, 1.82) is 0 Å². The molecule has 2 aromatic carbocycles. The molecule has 0 atom stereocenters. The van der Waals surface area contributed by atoms with E-state index in [-0.39, 0.29) is 29.0 Å². The lowest BCUT2D eigenvalue weighted by Gasteiger charge is -2.10. The summed E-state index contributed by atoms with van der Waals surface area (Å²) in [6.07, 6.45) is -0.0162. The van der Waals surface area contributed by atoms with Gasteiger partial charge in [0.05, 0.1) is 31.1 Å². The van der Waals surface area contributed by atoms with Gasteiger partial charge in [-0.3, -0.25) is 19.7 Å². The van der Waals surface area contributed by atoms with Crippen molar-refractivity contribution in [2.24, 2.45) is 0 Å². The minimum absolute atomic E-state index is 0.0162. The van der Waals surface area contributed by atoms with Gasteiger partial charge in [-0.25, -0.2) is 0 Å². The smallest absolute Gasteiger partial charge is 0.309 e. The zero-order valence-electron chi connectivity index (χ0n) is 15.1. The van der Waals surface area contributed by atoms with E-state index in [0.717, 1.165) is 0 Å².